The molecule has 19 heavy (non-hydrogen) atoms. The maximum absolute atomic E-state index is 8.84. The molecule has 0 aromatic heterocycles. The Labute approximate surface area is 117 Å². The second kappa shape index (κ2) is 6.24. The minimum absolute atomic E-state index is 0.327. The van der Waals surface area contributed by atoms with E-state index in [4.69, 9.17) is 27.3 Å². The van der Waals surface area contributed by atoms with Crippen molar-refractivity contribution in [2.45, 2.75) is 13.2 Å². The fourth-order valence-electron chi connectivity index (χ4n) is 1.76. The van der Waals surface area contributed by atoms with Crippen molar-refractivity contribution in [3.05, 3.63) is 64.2 Å². The van der Waals surface area contributed by atoms with Gasteiger partial charge < -0.3 is 10.5 Å². The van der Waals surface area contributed by atoms with Gasteiger partial charge in [-0.05, 0) is 29.8 Å². The highest BCUT2D eigenvalue weighted by molar-refractivity contribution is 6.31. The summed E-state index contributed by atoms with van der Waals surface area (Å²) in [5.74, 6) is 0.678. The van der Waals surface area contributed by atoms with Gasteiger partial charge >= 0.3 is 0 Å². The smallest absolute Gasteiger partial charge is 0.125 e. The number of hydrogen-bond acceptors (Lipinski definition) is 3. The van der Waals surface area contributed by atoms with Gasteiger partial charge in [-0.15, -0.1) is 0 Å². The van der Waals surface area contributed by atoms with E-state index in [-0.39, 0.29) is 0 Å². The van der Waals surface area contributed by atoms with Crippen molar-refractivity contribution in [1.82, 2.24) is 0 Å². The molecule has 0 saturated carbocycles. The lowest BCUT2D eigenvalue weighted by atomic mass is 10.1. The van der Waals surface area contributed by atoms with Crippen LogP contribution in [0.5, 0.6) is 5.75 Å². The Kier molecular flexibility index (Phi) is 4.40. The van der Waals surface area contributed by atoms with Crippen LogP contribution in [0.2, 0.25) is 5.02 Å². The summed E-state index contributed by atoms with van der Waals surface area (Å²) in [5.41, 5.74) is 8.00. The Morgan fingerprint density at radius 1 is 1.21 bits per heavy atom. The molecular weight excluding hydrogens is 260 g/mol. The molecule has 0 amide bonds. The molecule has 0 unspecified atom stereocenters. The largest absolute Gasteiger partial charge is 0.489 e. The summed E-state index contributed by atoms with van der Waals surface area (Å²) in [6.07, 6.45) is 0. The van der Waals surface area contributed by atoms with Gasteiger partial charge in [0.15, 0.2) is 0 Å². The van der Waals surface area contributed by atoms with Gasteiger partial charge in [-0.1, -0.05) is 29.8 Å². The second-order valence-electron chi connectivity index (χ2n) is 4.02. The molecule has 0 spiro atoms. The fraction of sp³-hybridized carbons (Fsp3) is 0.133. The average Bonchev–Trinajstić information content (AvgIpc) is 2.45. The van der Waals surface area contributed by atoms with Gasteiger partial charge in [-0.3, -0.25) is 0 Å². The topological polar surface area (TPSA) is 59.0 Å². The van der Waals surface area contributed by atoms with Crippen molar-refractivity contribution in [3.8, 4) is 11.8 Å². The van der Waals surface area contributed by atoms with Crippen LogP contribution in [0.1, 0.15) is 16.7 Å². The number of nitriles is 1. The van der Waals surface area contributed by atoms with Crippen LogP contribution in [-0.2, 0) is 13.2 Å². The third kappa shape index (κ3) is 3.25. The molecule has 0 aliphatic carbocycles. The summed E-state index contributed by atoms with van der Waals surface area (Å²) in [4.78, 5) is 0. The van der Waals surface area contributed by atoms with E-state index in [1.165, 1.54) is 0 Å². The van der Waals surface area contributed by atoms with Crippen molar-refractivity contribution in [1.29, 1.82) is 5.26 Å². The van der Waals surface area contributed by atoms with E-state index in [2.05, 4.69) is 6.07 Å². The number of hydrogen-bond donors (Lipinski definition) is 1. The lowest BCUT2D eigenvalue weighted by molar-refractivity contribution is 0.303. The molecule has 0 atom stereocenters. The molecule has 3 nitrogen and oxygen atoms in total. The Bertz CT molecular complexity index is 620. The van der Waals surface area contributed by atoms with E-state index < -0.39 is 0 Å². The minimum Gasteiger partial charge on any atom is -0.489 e. The zero-order valence-electron chi connectivity index (χ0n) is 10.3. The molecule has 2 aromatic rings. The molecule has 2 rings (SSSR count). The highest BCUT2D eigenvalue weighted by atomic mass is 35.5. The van der Waals surface area contributed by atoms with Crippen molar-refractivity contribution < 1.29 is 4.74 Å². The van der Waals surface area contributed by atoms with Gasteiger partial charge in [0.25, 0.3) is 0 Å². The van der Waals surface area contributed by atoms with Crippen molar-refractivity contribution in [3.63, 3.8) is 0 Å². The lowest BCUT2D eigenvalue weighted by Gasteiger charge is -2.11. The first-order valence-electron chi connectivity index (χ1n) is 5.84. The van der Waals surface area contributed by atoms with E-state index >= 15 is 0 Å². The Hall–Kier alpha value is -2.02. The predicted octanol–water partition coefficient (Wildman–Crippen LogP) is 3.25. The first-order chi connectivity index (χ1) is 9.24. The number of nitrogens with zero attached hydrogens (tertiary/aromatic N) is 1. The first-order valence-corrected chi connectivity index (χ1v) is 6.21. The molecule has 0 aliphatic rings. The number of benzene rings is 2. The van der Waals surface area contributed by atoms with E-state index in [1.807, 2.05) is 24.3 Å². The van der Waals surface area contributed by atoms with Crippen LogP contribution in [0, 0.1) is 11.3 Å². The monoisotopic (exact) mass is 272 g/mol. The number of halogens is 1. The quantitative estimate of drug-likeness (QED) is 0.929. The van der Waals surface area contributed by atoms with E-state index in [0.717, 1.165) is 11.1 Å². The summed E-state index contributed by atoms with van der Waals surface area (Å²) in [5, 5.41) is 9.44. The Balaban J connectivity index is 2.15. The van der Waals surface area contributed by atoms with Crippen LogP contribution in [0.15, 0.2) is 42.5 Å². The summed E-state index contributed by atoms with van der Waals surface area (Å²) in [6, 6.07) is 14.8. The molecule has 0 saturated heterocycles. The molecule has 4 heteroatoms. The molecule has 96 valence electrons. The lowest BCUT2D eigenvalue weighted by Crippen LogP contribution is -2.03. The van der Waals surface area contributed by atoms with Crippen LogP contribution in [0.3, 0.4) is 0 Å². The van der Waals surface area contributed by atoms with E-state index in [9.17, 15) is 0 Å². The standard InChI is InChI=1S/C15H13ClN2O/c16-14-5-2-6-15(13(14)9-18)19-10-12-4-1-3-11(7-12)8-17/h1-7H,9-10,18H2. The maximum Gasteiger partial charge on any atom is 0.125 e. The normalized spacial score (nSPS) is 9.95. The van der Waals surface area contributed by atoms with E-state index in [0.29, 0.717) is 29.5 Å². The third-order valence-electron chi connectivity index (χ3n) is 2.73. The number of rotatable bonds is 4. The van der Waals surface area contributed by atoms with Crippen LogP contribution < -0.4 is 10.5 Å². The molecule has 2 N–H and O–H groups in total. The van der Waals surface area contributed by atoms with Crippen molar-refractivity contribution in [2.24, 2.45) is 5.73 Å². The van der Waals surface area contributed by atoms with Gasteiger partial charge in [0.1, 0.15) is 12.4 Å². The van der Waals surface area contributed by atoms with Gasteiger partial charge in [-0.2, -0.15) is 5.26 Å². The summed E-state index contributed by atoms with van der Waals surface area (Å²) < 4.78 is 5.72. The molecule has 2 aromatic carbocycles. The van der Waals surface area contributed by atoms with Gasteiger partial charge in [0.2, 0.25) is 0 Å². The maximum atomic E-state index is 8.84. The Morgan fingerprint density at radius 2 is 2.00 bits per heavy atom. The molecule has 0 fully saturated rings. The number of ether oxygens (including phenoxy) is 1. The summed E-state index contributed by atoms with van der Waals surface area (Å²) in [6.45, 7) is 0.704. The van der Waals surface area contributed by atoms with Crippen LogP contribution >= 0.6 is 11.6 Å². The predicted molar refractivity (Wildman–Crippen MR) is 74.8 cm³/mol. The molecule has 0 heterocycles. The summed E-state index contributed by atoms with van der Waals surface area (Å²) >= 11 is 6.06. The Morgan fingerprint density at radius 3 is 2.74 bits per heavy atom. The van der Waals surface area contributed by atoms with Crippen molar-refractivity contribution in [2.75, 3.05) is 0 Å². The molecule has 0 aliphatic heterocycles. The van der Waals surface area contributed by atoms with Crippen LogP contribution in [-0.4, -0.2) is 0 Å². The van der Waals surface area contributed by atoms with Gasteiger partial charge in [-0.25, -0.2) is 0 Å². The van der Waals surface area contributed by atoms with Gasteiger partial charge in [0, 0.05) is 17.1 Å². The zero-order valence-corrected chi connectivity index (χ0v) is 11.0. The average molecular weight is 273 g/mol. The SMILES string of the molecule is N#Cc1cccc(COc2cccc(Cl)c2CN)c1. The van der Waals surface area contributed by atoms with Crippen LogP contribution in [0.25, 0.3) is 0 Å². The second-order valence-corrected chi connectivity index (χ2v) is 4.43. The van der Waals surface area contributed by atoms with Crippen LogP contribution in [0.4, 0.5) is 0 Å². The zero-order chi connectivity index (χ0) is 13.7. The van der Waals surface area contributed by atoms with E-state index in [1.54, 1.807) is 18.2 Å². The van der Waals surface area contributed by atoms with Crippen molar-refractivity contribution >= 4 is 11.6 Å². The molecule has 0 radical (unpaired) electrons. The number of nitrogens with two attached hydrogens (primary N) is 1. The highest BCUT2D eigenvalue weighted by Gasteiger charge is 2.06. The van der Waals surface area contributed by atoms with Gasteiger partial charge in [0.05, 0.1) is 11.6 Å². The minimum atomic E-state index is 0.327. The highest BCUT2D eigenvalue weighted by Crippen LogP contribution is 2.26. The summed E-state index contributed by atoms with van der Waals surface area (Å²) in [7, 11) is 0. The first kappa shape index (κ1) is 13.4. The molecular formula is C15H13ClN2O. The fourth-order valence-corrected chi connectivity index (χ4v) is 2.01. The third-order valence-corrected chi connectivity index (χ3v) is 3.08. The molecule has 0 bridgehead atoms.